The van der Waals surface area contributed by atoms with Crippen LogP contribution in [0.3, 0.4) is 0 Å². The van der Waals surface area contributed by atoms with Gasteiger partial charge in [-0.3, -0.25) is 0 Å². The van der Waals surface area contributed by atoms with Crippen LogP contribution in [-0.2, 0) is 0 Å². The highest BCUT2D eigenvalue weighted by molar-refractivity contribution is 7.80. The second-order valence-electron chi connectivity index (χ2n) is 3.29. The highest BCUT2D eigenvalue weighted by atomic mass is 32.1. The summed E-state index contributed by atoms with van der Waals surface area (Å²) in [6, 6.07) is 5.32. The fraction of sp³-hybridized carbons (Fsp3) is 0.250. The van der Waals surface area contributed by atoms with E-state index in [0.717, 1.165) is 23.3 Å². The summed E-state index contributed by atoms with van der Waals surface area (Å²) in [5.41, 5.74) is 2.18. The molecule has 0 atom stereocenters. The maximum Gasteiger partial charge on any atom is 0.335 e. The Morgan fingerprint density at radius 2 is 2.27 bits per heavy atom. The Hall–Kier alpha value is -1.22. The predicted octanol–water partition coefficient (Wildman–Crippen LogP) is 3.03. The summed E-state index contributed by atoms with van der Waals surface area (Å²) in [6.07, 6.45) is 4.93. The first kappa shape index (κ1) is 11.9. The molecule has 0 aliphatic carbocycles. The summed E-state index contributed by atoms with van der Waals surface area (Å²) < 4.78 is 0. The standard InChI is InChI=1S/C12H14O2S/c1-9-8-10(4-2-3-7-15)5-6-11(9)12(13)14/h2,4-6,8,15H,3,7H2,1H3,(H,13,14). The molecule has 0 saturated heterocycles. The Morgan fingerprint density at radius 1 is 1.53 bits per heavy atom. The van der Waals surface area contributed by atoms with E-state index >= 15 is 0 Å². The Kier molecular flexibility index (Phi) is 4.43. The van der Waals surface area contributed by atoms with Crippen molar-refractivity contribution >= 4 is 24.7 Å². The van der Waals surface area contributed by atoms with Gasteiger partial charge in [0, 0.05) is 0 Å². The van der Waals surface area contributed by atoms with Gasteiger partial charge in [0.05, 0.1) is 5.56 Å². The van der Waals surface area contributed by atoms with E-state index in [-0.39, 0.29) is 0 Å². The molecule has 0 heterocycles. The molecule has 1 aromatic rings. The lowest BCUT2D eigenvalue weighted by Crippen LogP contribution is -1.99. The number of allylic oxidation sites excluding steroid dienone is 1. The minimum Gasteiger partial charge on any atom is -0.478 e. The van der Waals surface area contributed by atoms with Crippen molar-refractivity contribution in [3.8, 4) is 0 Å². The molecule has 2 nitrogen and oxygen atoms in total. The van der Waals surface area contributed by atoms with E-state index < -0.39 is 5.97 Å². The SMILES string of the molecule is Cc1cc(C=CCCS)ccc1C(=O)O. The van der Waals surface area contributed by atoms with Crippen molar-refractivity contribution in [1.82, 2.24) is 0 Å². The highest BCUT2D eigenvalue weighted by Crippen LogP contribution is 2.12. The lowest BCUT2D eigenvalue weighted by Gasteiger charge is -2.01. The van der Waals surface area contributed by atoms with E-state index in [4.69, 9.17) is 5.11 Å². The van der Waals surface area contributed by atoms with Crippen molar-refractivity contribution in [2.24, 2.45) is 0 Å². The van der Waals surface area contributed by atoms with Crippen molar-refractivity contribution in [3.63, 3.8) is 0 Å². The third-order valence-electron chi connectivity index (χ3n) is 2.09. The zero-order valence-electron chi connectivity index (χ0n) is 8.60. The Balaban J connectivity index is 2.87. The van der Waals surface area contributed by atoms with Crippen LogP contribution in [-0.4, -0.2) is 16.8 Å². The zero-order chi connectivity index (χ0) is 11.3. The molecule has 0 radical (unpaired) electrons. The third-order valence-corrected chi connectivity index (χ3v) is 2.35. The molecule has 0 bridgehead atoms. The van der Waals surface area contributed by atoms with Gasteiger partial charge in [-0.15, -0.1) is 0 Å². The summed E-state index contributed by atoms with van der Waals surface area (Å²) >= 11 is 4.10. The summed E-state index contributed by atoms with van der Waals surface area (Å²) in [4.78, 5) is 10.8. The van der Waals surface area contributed by atoms with Gasteiger partial charge in [-0.1, -0.05) is 24.3 Å². The molecule has 1 aromatic carbocycles. The van der Waals surface area contributed by atoms with Gasteiger partial charge in [0.1, 0.15) is 0 Å². The number of aromatic carboxylic acids is 1. The summed E-state index contributed by atoms with van der Waals surface area (Å²) in [6.45, 7) is 1.80. The van der Waals surface area contributed by atoms with Gasteiger partial charge in [0.25, 0.3) is 0 Å². The van der Waals surface area contributed by atoms with Crippen molar-refractivity contribution in [1.29, 1.82) is 0 Å². The van der Waals surface area contributed by atoms with E-state index in [0.29, 0.717) is 5.56 Å². The van der Waals surface area contributed by atoms with E-state index in [1.54, 1.807) is 13.0 Å². The van der Waals surface area contributed by atoms with Gasteiger partial charge in [-0.05, 0) is 36.3 Å². The summed E-state index contributed by atoms with van der Waals surface area (Å²) in [5.74, 6) is -0.0544. The Morgan fingerprint density at radius 3 is 2.80 bits per heavy atom. The average molecular weight is 222 g/mol. The predicted molar refractivity (Wildman–Crippen MR) is 65.6 cm³/mol. The van der Waals surface area contributed by atoms with Crippen LogP contribution in [0.4, 0.5) is 0 Å². The van der Waals surface area contributed by atoms with Crippen molar-refractivity contribution in [2.45, 2.75) is 13.3 Å². The molecule has 0 fully saturated rings. The molecule has 1 N–H and O–H groups in total. The summed E-state index contributed by atoms with van der Waals surface area (Å²) in [7, 11) is 0. The second kappa shape index (κ2) is 5.61. The van der Waals surface area contributed by atoms with E-state index in [2.05, 4.69) is 12.6 Å². The number of hydrogen-bond acceptors (Lipinski definition) is 2. The van der Waals surface area contributed by atoms with Gasteiger partial charge >= 0.3 is 5.97 Å². The smallest absolute Gasteiger partial charge is 0.335 e. The van der Waals surface area contributed by atoms with Gasteiger partial charge in [0.2, 0.25) is 0 Å². The molecular formula is C12H14O2S. The van der Waals surface area contributed by atoms with Gasteiger partial charge in [0.15, 0.2) is 0 Å². The Bertz CT molecular complexity index is 383. The number of thiol groups is 1. The molecule has 0 spiro atoms. The lowest BCUT2D eigenvalue weighted by atomic mass is 10.0. The number of benzene rings is 1. The maximum absolute atomic E-state index is 10.8. The van der Waals surface area contributed by atoms with Crippen molar-refractivity contribution in [2.75, 3.05) is 5.75 Å². The molecule has 15 heavy (non-hydrogen) atoms. The zero-order valence-corrected chi connectivity index (χ0v) is 9.50. The first-order valence-corrected chi connectivity index (χ1v) is 5.39. The fourth-order valence-electron chi connectivity index (χ4n) is 1.32. The van der Waals surface area contributed by atoms with Crippen LogP contribution < -0.4 is 0 Å². The molecule has 0 aromatic heterocycles. The van der Waals surface area contributed by atoms with E-state index in [1.165, 1.54) is 0 Å². The first-order valence-electron chi connectivity index (χ1n) is 4.76. The molecule has 1 rings (SSSR count). The molecule has 0 saturated carbocycles. The number of hydrogen-bond donors (Lipinski definition) is 2. The van der Waals surface area contributed by atoms with Crippen LogP contribution in [0.5, 0.6) is 0 Å². The fourth-order valence-corrected chi connectivity index (χ4v) is 1.47. The van der Waals surface area contributed by atoms with Gasteiger partial charge < -0.3 is 5.11 Å². The van der Waals surface area contributed by atoms with Crippen LogP contribution in [0.2, 0.25) is 0 Å². The maximum atomic E-state index is 10.8. The third kappa shape index (κ3) is 3.44. The van der Waals surface area contributed by atoms with E-state index in [1.807, 2.05) is 24.3 Å². The summed E-state index contributed by atoms with van der Waals surface area (Å²) in [5, 5.41) is 8.84. The van der Waals surface area contributed by atoms with Crippen LogP contribution >= 0.6 is 12.6 Å². The Labute approximate surface area is 95.0 Å². The minimum absolute atomic E-state index is 0.362. The van der Waals surface area contributed by atoms with Crippen molar-refractivity contribution < 1.29 is 9.90 Å². The van der Waals surface area contributed by atoms with Crippen LogP contribution in [0, 0.1) is 6.92 Å². The quantitative estimate of drug-likeness (QED) is 0.768. The van der Waals surface area contributed by atoms with Crippen LogP contribution in [0.15, 0.2) is 24.3 Å². The van der Waals surface area contributed by atoms with Gasteiger partial charge in [-0.25, -0.2) is 4.79 Å². The topological polar surface area (TPSA) is 37.3 Å². The number of carboxylic acid groups (broad SMARTS) is 1. The molecule has 0 aliphatic rings. The molecule has 0 aliphatic heterocycles. The normalized spacial score (nSPS) is 10.8. The van der Waals surface area contributed by atoms with Crippen molar-refractivity contribution in [3.05, 3.63) is 41.0 Å². The minimum atomic E-state index is -0.876. The molecule has 3 heteroatoms. The molecular weight excluding hydrogens is 208 g/mol. The number of rotatable bonds is 4. The number of aryl methyl sites for hydroxylation is 1. The monoisotopic (exact) mass is 222 g/mol. The van der Waals surface area contributed by atoms with Crippen LogP contribution in [0.1, 0.15) is 27.9 Å². The average Bonchev–Trinajstić information content (AvgIpc) is 2.17. The van der Waals surface area contributed by atoms with Gasteiger partial charge in [-0.2, -0.15) is 12.6 Å². The van der Waals surface area contributed by atoms with Crippen LogP contribution in [0.25, 0.3) is 6.08 Å². The molecule has 0 amide bonds. The first-order chi connectivity index (χ1) is 7.15. The lowest BCUT2D eigenvalue weighted by molar-refractivity contribution is 0.0696. The number of carbonyl (C=O) groups is 1. The van der Waals surface area contributed by atoms with E-state index in [9.17, 15) is 4.79 Å². The number of carboxylic acids is 1. The molecule has 0 unspecified atom stereocenters. The molecule has 80 valence electrons. The highest BCUT2D eigenvalue weighted by Gasteiger charge is 2.05. The largest absolute Gasteiger partial charge is 0.478 e. The second-order valence-corrected chi connectivity index (χ2v) is 3.74.